The molecular formula is C10H13ClF2N2O4. The Morgan fingerprint density at radius 3 is 2.47 bits per heavy atom. The maximum Gasteiger partial charge on any atom is 0.289 e. The lowest BCUT2D eigenvalue weighted by Gasteiger charge is -2.22. The first-order chi connectivity index (χ1) is 8.22. The summed E-state index contributed by atoms with van der Waals surface area (Å²) < 4.78 is 26.6. The number of hydrogen-bond acceptors (Lipinski definition) is 5. The first kappa shape index (κ1) is 17.5. The fraction of sp³-hybridized carbons (Fsp3) is 0.400. The predicted molar refractivity (Wildman–Crippen MR) is 65.7 cm³/mol. The van der Waals surface area contributed by atoms with Gasteiger partial charge < -0.3 is 15.9 Å². The van der Waals surface area contributed by atoms with E-state index in [-0.39, 0.29) is 18.0 Å². The van der Waals surface area contributed by atoms with Crippen molar-refractivity contribution in [2.24, 2.45) is 5.73 Å². The second-order valence-corrected chi connectivity index (χ2v) is 3.82. The molecule has 6 nitrogen and oxygen atoms in total. The molecule has 0 aliphatic carbocycles. The average molecular weight is 299 g/mol. The van der Waals surface area contributed by atoms with Gasteiger partial charge in [-0.1, -0.05) is 0 Å². The Kier molecular flexibility index (Phi) is 5.61. The van der Waals surface area contributed by atoms with Crippen LogP contribution in [0.4, 0.5) is 14.5 Å². The van der Waals surface area contributed by atoms with Crippen molar-refractivity contribution in [1.29, 1.82) is 0 Å². The van der Waals surface area contributed by atoms with E-state index in [9.17, 15) is 24.0 Å². The summed E-state index contributed by atoms with van der Waals surface area (Å²) in [6.07, 6.45) is 0. The third-order valence-corrected chi connectivity index (χ3v) is 2.57. The van der Waals surface area contributed by atoms with E-state index in [1.165, 1.54) is 13.0 Å². The number of aromatic hydroxyl groups is 1. The normalized spacial score (nSPS) is 12.7. The van der Waals surface area contributed by atoms with Gasteiger partial charge in [0.25, 0.3) is 11.6 Å². The molecule has 1 aromatic carbocycles. The molecular weight excluding hydrogens is 286 g/mol. The van der Waals surface area contributed by atoms with E-state index in [1.807, 2.05) is 0 Å². The van der Waals surface area contributed by atoms with Crippen LogP contribution in [0.25, 0.3) is 0 Å². The highest BCUT2D eigenvalue weighted by Crippen LogP contribution is 2.40. The molecule has 0 heterocycles. The molecule has 4 N–H and O–H groups in total. The lowest BCUT2D eigenvalue weighted by molar-refractivity contribution is -0.386. The molecule has 0 radical (unpaired) electrons. The van der Waals surface area contributed by atoms with Gasteiger partial charge in [0.05, 0.1) is 10.5 Å². The molecule has 0 amide bonds. The number of nitro benzene ring substituents is 1. The third kappa shape index (κ3) is 3.28. The number of hydrogen-bond donors (Lipinski definition) is 3. The summed E-state index contributed by atoms with van der Waals surface area (Å²) in [5, 5.41) is 28.9. The summed E-state index contributed by atoms with van der Waals surface area (Å²) in [6.45, 7) is -0.176. The highest BCUT2D eigenvalue weighted by atomic mass is 35.5. The van der Waals surface area contributed by atoms with E-state index in [2.05, 4.69) is 0 Å². The van der Waals surface area contributed by atoms with Crippen molar-refractivity contribution in [2.45, 2.75) is 18.9 Å². The van der Waals surface area contributed by atoms with Gasteiger partial charge in [0.1, 0.15) is 18.4 Å². The summed E-state index contributed by atoms with van der Waals surface area (Å²) in [6, 6.07) is 0.0427. The van der Waals surface area contributed by atoms with Gasteiger partial charge in [-0.3, -0.25) is 10.1 Å². The van der Waals surface area contributed by atoms with E-state index in [0.29, 0.717) is 0 Å². The van der Waals surface area contributed by atoms with Gasteiger partial charge in [-0.2, -0.15) is 0 Å². The van der Waals surface area contributed by atoms with Crippen LogP contribution < -0.4 is 5.73 Å². The maximum absolute atomic E-state index is 13.3. The van der Waals surface area contributed by atoms with Crippen molar-refractivity contribution in [3.63, 3.8) is 0 Å². The number of aliphatic hydroxyl groups excluding tert-OH is 1. The zero-order valence-electron chi connectivity index (χ0n) is 9.84. The number of rotatable bonds is 4. The minimum atomic E-state index is -3.77. The minimum Gasteiger partial charge on any atom is -0.507 e. The molecule has 0 saturated carbocycles. The second kappa shape index (κ2) is 6.09. The average Bonchev–Trinajstić information content (AvgIpc) is 2.31. The zero-order valence-corrected chi connectivity index (χ0v) is 10.7. The highest BCUT2D eigenvalue weighted by molar-refractivity contribution is 5.85. The fourth-order valence-corrected chi connectivity index (χ4v) is 1.48. The van der Waals surface area contributed by atoms with Crippen LogP contribution in [0.1, 0.15) is 17.2 Å². The van der Waals surface area contributed by atoms with Crippen LogP contribution in [-0.2, 0) is 0 Å². The quantitative estimate of drug-likeness (QED) is 0.578. The number of alkyl halides is 2. The molecule has 1 aromatic rings. The highest BCUT2D eigenvalue weighted by Gasteiger charge is 2.42. The van der Waals surface area contributed by atoms with Crippen LogP contribution in [0, 0.1) is 17.0 Å². The van der Waals surface area contributed by atoms with E-state index in [0.717, 1.165) is 6.07 Å². The molecule has 0 aliphatic rings. The van der Waals surface area contributed by atoms with E-state index in [1.54, 1.807) is 0 Å². The molecule has 108 valence electrons. The fourth-order valence-electron chi connectivity index (χ4n) is 1.48. The number of aliphatic hydroxyl groups is 1. The molecule has 0 saturated heterocycles. The van der Waals surface area contributed by atoms with Crippen LogP contribution in [0.15, 0.2) is 12.1 Å². The molecule has 1 atom stereocenters. The molecule has 9 heteroatoms. The number of halogens is 3. The minimum absolute atomic E-state index is 0. The zero-order chi connectivity index (χ0) is 14.1. The van der Waals surface area contributed by atoms with E-state index in [4.69, 9.17) is 10.8 Å². The van der Waals surface area contributed by atoms with Gasteiger partial charge in [-0.25, -0.2) is 8.78 Å². The first-order valence-corrected chi connectivity index (χ1v) is 4.93. The van der Waals surface area contributed by atoms with Crippen molar-refractivity contribution < 1.29 is 23.9 Å². The predicted octanol–water partition coefficient (Wildman–Crippen LogP) is 1.66. The van der Waals surface area contributed by atoms with Gasteiger partial charge in [0, 0.05) is 6.07 Å². The lowest BCUT2D eigenvalue weighted by atomic mass is 9.96. The Morgan fingerprint density at radius 1 is 1.53 bits per heavy atom. The Labute approximate surface area is 113 Å². The van der Waals surface area contributed by atoms with Crippen LogP contribution >= 0.6 is 12.4 Å². The maximum atomic E-state index is 13.3. The Morgan fingerprint density at radius 2 is 2.05 bits per heavy atom. The number of nitrogens with two attached hydrogens (primary N) is 1. The van der Waals surface area contributed by atoms with Crippen LogP contribution in [0.5, 0.6) is 5.75 Å². The smallest absolute Gasteiger partial charge is 0.289 e. The van der Waals surface area contributed by atoms with Gasteiger partial charge in [0.2, 0.25) is 0 Å². The standard InChI is InChI=1S/C10H12F2N2O4.ClH/c1-5-2-3-6(14(17)18)7(8(5)16)9(13)10(11,12)4-15;/h2-3,9,15-16H,4,13H2,1H3;1H/t9-;/m1./s1. The summed E-state index contributed by atoms with van der Waals surface area (Å²) >= 11 is 0. The van der Waals surface area contributed by atoms with Crippen molar-refractivity contribution in [1.82, 2.24) is 0 Å². The number of benzene rings is 1. The number of nitrogens with zero attached hydrogens (tertiary/aromatic N) is 1. The van der Waals surface area contributed by atoms with Crippen LogP contribution in [0.3, 0.4) is 0 Å². The number of nitro groups is 1. The second-order valence-electron chi connectivity index (χ2n) is 3.82. The van der Waals surface area contributed by atoms with Crippen molar-refractivity contribution in [3.8, 4) is 5.75 Å². The van der Waals surface area contributed by atoms with Crippen LogP contribution in [-0.4, -0.2) is 27.7 Å². The number of aryl methyl sites for hydroxylation is 1. The Bertz CT molecular complexity index is 485. The van der Waals surface area contributed by atoms with E-state index >= 15 is 0 Å². The molecule has 0 unspecified atom stereocenters. The summed E-state index contributed by atoms with van der Waals surface area (Å²) in [5.41, 5.74) is 4.01. The molecule has 0 spiro atoms. The largest absolute Gasteiger partial charge is 0.507 e. The number of phenolic OH excluding ortho intramolecular Hbond substituents is 1. The van der Waals surface area contributed by atoms with Gasteiger partial charge in [0.15, 0.2) is 0 Å². The van der Waals surface area contributed by atoms with Gasteiger partial charge in [-0.05, 0) is 18.6 Å². The molecule has 0 bridgehead atoms. The number of phenols is 1. The Balaban J connectivity index is 0.00000324. The van der Waals surface area contributed by atoms with Crippen LogP contribution in [0.2, 0.25) is 0 Å². The molecule has 0 fully saturated rings. The molecule has 1 rings (SSSR count). The monoisotopic (exact) mass is 298 g/mol. The molecule has 0 aromatic heterocycles. The van der Waals surface area contributed by atoms with Crippen molar-refractivity contribution >= 4 is 18.1 Å². The van der Waals surface area contributed by atoms with E-state index < -0.39 is 40.5 Å². The van der Waals surface area contributed by atoms with Crippen molar-refractivity contribution in [2.75, 3.05) is 6.61 Å². The first-order valence-electron chi connectivity index (χ1n) is 4.93. The Hall–Kier alpha value is -1.51. The third-order valence-electron chi connectivity index (χ3n) is 2.57. The summed E-state index contributed by atoms with van der Waals surface area (Å²) in [5.74, 6) is -4.43. The topological polar surface area (TPSA) is 110 Å². The summed E-state index contributed by atoms with van der Waals surface area (Å²) in [7, 11) is 0. The molecule has 0 aliphatic heterocycles. The van der Waals surface area contributed by atoms with Gasteiger partial charge >= 0.3 is 0 Å². The molecule has 19 heavy (non-hydrogen) atoms. The summed E-state index contributed by atoms with van der Waals surface area (Å²) in [4.78, 5) is 9.82. The lowest BCUT2D eigenvalue weighted by Crippen LogP contribution is -2.36. The van der Waals surface area contributed by atoms with Gasteiger partial charge in [-0.15, -0.1) is 12.4 Å². The van der Waals surface area contributed by atoms with Crippen molar-refractivity contribution in [3.05, 3.63) is 33.4 Å². The SMILES string of the molecule is Cc1ccc([N+](=O)[O-])c([C@@H](N)C(F)(F)CO)c1O.Cl.